The molecule has 0 aromatic heterocycles. The van der Waals surface area contributed by atoms with Crippen molar-refractivity contribution >= 4 is 0 Å². The van der Waals surface area contributed by atoms with Crippen LogP contribution in [0.15, 0.2) is 109 Å². The average Bonchev–Trinajstić information content (AvgIpc) is 2.92. The van der Waals surface area contributed by atoms with Gasteiger partial charge in [0.25, 0.3) is 0 Å². The molecule has 0 bridgehead atoms. The first-order valence-electron chi connectivity index (χ1n) is 12.2. The van der Waals surface area contributed by atoms with Crippen LogP contribution < -0.4 is 9.47 Å². The van der Waals surface area contributed by atoms with Gasteiger partial charge in [0, 0.05) is 19.1 Å². The molecule has 0 unspecified atom stereocenters. The van der Waals surface area contributed by atoms with Crippen LogP contribution in [0.5, 0.6) is 11.5 Å². The Balaban J connectivity index is 1.47. The summed E-state index contributed by atoms with van der Waals surface area (Å²) in [5, 5.41) is 0. The van der Waals surface area contributed by atoms with Crippen molar-refractivity contribution in [2.75, 3.05) is 13.7 Å². The lowest BCUT2D eigenvalue weighted by molar-refractivity contribution is 0.187. The Kier molecular flexibility index (Phi) is 8.58. The molecule has 0 atom stereocenters. The van der Waals surface area contributed by atoms with Crippen molar-refractivity contribution in [3.63, 3.8) is 0 Å². The predicted molar refractivity (Wildman–Crippen MR) is 142 cm³/mol. The molecule has 4 rings (SSSR count). The summed E-state index contributed by atoms with van der Waals surface area (Å²) in [6.45, 7) is 4.18. The lowest BCUT2D eigenvalue weighted by atomic mass is 9.73. The van der Waals surface area contributed by atoms with Crippen LogP contribution in [0.2, 0.25) is 0 Å². The first-order chi connectivity index (χ1) is 17.2. The molecular weight excluding hydrogens is 432 g/mol. The van der Waals surface area contributed by atoms with Crippen LogP contribution in [0, 0.1) is 0 Å². The van der Waals surface area contributed by atoms with Gasteiger partial charge in [-0.2, -0.15) is 0 Å². The summed E-state index contributed by atoms with van der Waals surface area (Å²) in [6.07, 6.45) is 1.96. The highest BCUT2D eigenvalue weighted by Gasteiger charge is 2.28. The van der Waals surface area contributed by atoms with Gasteiger partial charge in [0.2, 0.25) is 0 Å². The Hall–Kier alpha value is -3.56. The molecule has 35 heavy (non-hydrogen) atoms. The fraction of sp³-hybridized carbons (Fsp3) is 0.250. The van der Waals surface area contributed by atoms with E-state index in [0.29, 0.717) is 13.2 Å². The SMILES string of the molecule is COCCCC(C)(c1ccc(OCc2ccccc2)cc1)c1ccc(OCc2ccccc2)cc1. The second-order valence-corrected chi connectivity index (χ2v) is 9.03. The van der Waals surface area contributed by atoms with E-state index >= 15 is 0 Å². The van der Waals surface area contributed by atoms with Crippen molar-refractivity contribution in [2.24, 2.45) is 0 Å². The van der Waals surface area contributed by atoms with E-state index in [-0.39, 0.29) is 5.41 Å². The van der Waals surface area contributed by atoms with Crippen LogP contribution in [0.3, 0.4) is 0 Å². The van der Waals surface area contributed by atoms with Gasteiger partial charge in [-0.05, 0) is 59.4 Å². The summed E-state index contributed by atoms with van der Waals surface area (Å²) in [4.78, 5) is 0. The van der Waals surface area contributed by atoms with E-state index in [1.165, 1.54) is 11.1 Å². The molecule has 0 radical (unpaired) electrons. The first kappa shape index (κ1) is 24.6. The molecule has 0 saturated carbocycles. The Bertz CT molecular complexity index is 1050. The number of hydrogen-bond acceptors (Lipinski definition) is 3. The van der Waals surface area contributed by atoms with Gasteiger partial charge in [0.05, 0.1) is 0 Å². The lowest BCUT2D eigenvalue weighted by Crippen LogP contribution is -2.24. The largest absolute Gasteiger partial charge is 0.489 e. The van der Waals surface area contributed by atoms with Gasteiger partial charge < -0.3 is 14.2 Å². The minimum absolute atomic E-state index is 0.144. The summed E-state index contributed by atoms with van der Waals surface area (Å²) in [5.41, 5.74) is 4.71. The zero-order chi connectivity index (χ0) is 24.3. The molecule has 0 saturated heterocycles. The molecule has 0 aliphatic heterocycles. The normalized spacial score (nSPS) is 11.3. The molecular formula is C32H34O3. The molecule has 4 aromatic carbocycles. The van der Waals surface area contributed by atoms with Crippen molar-refractivity contribution in [2.45, 2.75) is 38.4 Å². The fourth-order valence-electron chi connectivity index (χ4n) is 4.35. The van der Waals surface area contributed by atoms with E-state index < -0.39 is 0 Å². The third-order valence-electron chi connectivity index (χ3n) is 6.50. The lowest BCUT2D eigenvalue weighted by Gasteiger charge is -2.31. The zero-order valence-electron chi connectivity index (χ0n) is 20.7. The maximum Gasteiger partial charge on any atom is 0.119 e. The number of ether oxygens (including phenoxy) is 3. The van der Waals surface area contributed by atoms with Crippen LogP contribution in [0.25, 0.3) is 0 Å². The van der Waals surface area contributed by atoms with Gasteiger partial charge in [-0.25, -0.2) is 0 Å². The Morgan fingerprint density at radius 3 is 1.40 bits per heavy atom. The molecule has 180 valence electrons. The standard InChI is InChI=1S/C32H34O3/c1-32(22-9-23-33-2,28-14-18-30(19-15-28)34-24-26-10-5-3-6-11-26)29-16-20-31(21-17-29)35-25-27-12-7-4-8-13-27/h3-8,10-21H,9,22-25H2,1-2H3. The van der Waals surface area contributed by atoms with Crippen molar-refractivity contribution < 1.29 is 14.2 Å². The molecule has 3 nitrogen and oxygen atoms in total. The van der Waals surface area contributed by atoms with E-state index in [0.717, 1.165) is 42.1 Å². The van der Waals surface area contributed by atoms with Gasteiger partial charge in [-0.3, -0.25) is 0 Å². The zero-order valence-corrected chi connectivity index (χ0v) is 20.7. The van der Waals surface area contributed by atoms with Crippen LogP contribution in [0.4, 0.5) is 0 Å². The van der Waals surface area contributed by atoms with Gasteiger partial charge in [0.15, 0.2) is 0 Å². The van der Waals surface area contributed by atoms with Crippen LogP contribution >= 0.6 is 0 Å². The van der Waals surface area contributed by atoms with Crippen LogP contribution in [0.1, 0.15) is 42.0 Å². The molecule has 4 aromatic rings. The van der Waals surface area contributed by atoms with E-state index in [1.54, 1.807) is 7.11 Å². The second kappa shape index (κ2) is 12.2. The monoisotopic (exact) mass is 466 g/mol. The number of methoxy groups -OCH3 is 1. The Morgan fingerprint density at radius 1 is 0.571 bits per heavy atom. The fourth-order valence-corrected chi connectivity index (χ4v) is 4.35. The minimum Gasteiger partial charge on any atom is -0.489 e. The molecule has 0 N–H and O–H groups in total. The molecule has 0 fully saturated rings. The third-order valence-corrected chi connectivity index (χ3v) is 6.50. The second-order valence-electron chi connectivity index (χ2n) is 9.03. The molecule has 0 amide bonds. The predicted octanol–water partition coefficient (Wildman–Crippen LogP) is 7.58. The average molecular weight is 467 g/mol. The van der Waals surface area contributed by atoms with E-state index in [4.69, 9.17) is 14.2 Å². The number of benzene rings is 4. The number of hydrogen-bond donors (Lipinski definition) is 0. The highest BCUT2D eigenvalue weighted by molar-refractivity contribution is 5.42. The van der Waals surface area contributed by atoms with Gasteiger partial charge in [-0.15, -0.1) is 0 Å². The van der Waals surface area contributed by atoms with E-state index in [9.17, 15) is 0 Å². The topological polar surface area (TPSA) is 27.7 Å². The maximum atomic E-state index is 6.01. The first-order valence-corrected chi connectivity index (χ1v) is 12.2. The minimum atomic E-state index is -0.144. The smallest absolute Gasteiger partial charge is 0.119 e. The molecule has 0 spiro atoms. The highest BCUT2D eigenvalue weighted by Crippen LogP contribution is 2.38. The van der Waals surface area contributed by atoms with Crippen molar-refractivity contribution in [3.05, 3.63) is 131 Å². The molecule has 0 aliphatic carbocycles. The summed E-state index contributed by atoms with van der Waals surface area (Å²) < 4.78 is 17.4. The summed E-state index contributed by atoms with van der Waals surface area (Å²) in [7, 11) is 1.76. The Labute approximate surface area is 209 Å². The van der Waals surface area contributed by atoms with Crippen LogP contribution in [-0.2, 0) is 23.4 Å². The summed E-state index contributed by atoms with van der Waals surface area (Å²) in [6, 6.07) is 37.5. The number of rotatable bonds is 12. The van der Waals surface area contributed by atoms with Crippen molar-refractivity contribution in [1.82, 2.24) is 0 Å². The summed E-state index contributed by atoms with van der Waals surface area (Å²) in [5.74, 6) is 1.75. The molecule has 0 aliphatic rings. The van der Waals surface area contributed by atoms with E-state index in [2.05, 4.69) is 79.7 Å². The quantitative estimate of drug-likeness (QED) is 0.201. The van der Waals surface area contributed by atoms with Gasteiger partial charge in [-0.1, -0.05) is 91.9 Å². The van der Waals surface area contributed by atoms with Gasteiger partial charge in [0.1, 0.15) is 24.7 Å². The maximum absolute atomic E-state index is 6.01. The summed E-state index contributed by atoms with van der Waals surface area (Å²) >= 11 is 0. The van der Waals surface area contributed by atoms with Crippen LogP contribution in [-0.4, -0.2) is 13.7 Å². The molecule has 3 heteroatoms. The van der Waals surface area contributed by atoms with Gasteiger partial charge >= 0.3 is 0 Å². The highest BCUT2D eigenvalue weighted by atomic mass is 16.5. The van der Waals surface area contributed by atoms with Crippen molar-refractivity contribution in [3.8, 4) is 11.5 Å². The van der Waals surface area contributed by atoms with E-state index in [1.807, 2.05) is 36.4 Å². The van der Waals surface area contributed by atoms with Crippen molar-refractivity contribution in [1.29, 1.82) is 0 Å². The third kappa shape index (κ3) is 6.74. The Morgan fingerprint density at radius 2 is 1.00 bits per heavy atom. The molecule has 0 heterocycles.